The molecule has 2 unspecified atom stereocenters. The highest BCUT2D eigenvalue weighted by molar-refractivity contribution is 7.80. The molecule has 0 radical (unpaired) electrons. The minimum atomic E-state index is -0.676. The number of hydrogen-bond acceptors (Lipinski definition) is 9. The van der Waals surface area contributed by atoms with Crippen molar-refractivity contribution in [1.29, 1.82) is 5.26 Å². The third-order valence-corrected chi connectivity index (χ3v) is 3.83. The maximum absolute atomic E-state index is 12.8. The molecular weight excluding hydrogens is 350 g/mol. The lowest BCUT2D eigenvalue weighted by atomic mass is 10.2. The molecule has 12 heteroatoms. The molecule has 2 N–H and O–H groups in total. The Labute approximate surface area is 145 Å². The summed E-state index contributed by atoms with van der Waals surface area (Å²) in [7, 11) is 0. The van der Waals surface area contributed by atoms with E-state index in [0.29, 0.717) is 12.8 Å². The van der Waals surface area contributed by atoms with Gasteiger partial charge in [0.25, 0.3) is 5.56 Å². The Kier molecular flexibility index (Phi) is 4.43. The summed E-state index contributed by atoms with van der Waals surface area (Å²) in [6, 6.07) is 1.82. The van der Waals surface area contributed by atoms with Crippen molar-refractivity contribution in [2.24, 2.45) is 5.73 Å². The van der Waals surface area contributed by atoms with Crippen molar-refractivity contribution in [2.75, 3.05) is 6.61 Å². The lowest BCUT2D eigenvalue weighted by Gasteiger charge is -2.14. The molecule has 0 amide bonds. The van der Waals surface area contributed by atoms with Gasteiger partial charge in [0.05, 0.1) is 6.10 Å². The fraction of sp³-hybridized carbons (Fsp3) is 0.462. The zero-order chi connectivity index (χ0) is 18.1. The van der Waals surface area contributed by atoms with Crippen LogP contribution < -0.4 is 11.3 Å². The Morgan fingerprint density at radius 2 is 2.32 bits per heavy atom. The van der Waals surface area contributed by atoms with E-state index in [4.69, 9.17) is 32.7 Å². The first-order valence-electron chi connectivity index (χ1n) is 7.29. The normalized spacial score (nSPS) is 19.7. The molecule has 1 aliphatic rings. The molecule has 25 heavy (non-hydrogen) atoms. The van der Waals surface area contributed by atoms with Gasteiger partial charge in [-0.15, -0.1) is 5.10 Å². The summed E-state index contributed by atoms with van der Waals surface area (Å²) in [4.78, 5) is 23.6. The van der Waals surface area contributed by atoms with Crippen molar-refractivity contribution in [3.05, 3.63) is 16.0 Å². The third-order valence-electron chi connectivity index (χ3n) is 3.66. The number of ether oxygens (including phenoxy) is 2. The average molecular weight is 363 g/mol. The summed E-state index contributed by atoms with van der Waals surface area (Å²) in [5, 5.41) is 20.5. The van der Waals surface area contributed by atoms with Crippen LogP contribution >= 0.6 is 12.2 Å². The van der Waals surface area contributed by atoms with Gasteiger partial charge in [0, 0.05) is 6.92 Å². The third kappa shape index (κ3) is 3.06. The summed E-state index contributed by atoms with van der Waals surface area (Å²) in [6.45, 7) is 1.40. The average Bonchev–Trinajstić information content (AvgIpc) is 3.17. The first-order valence-corrected chi connectivity index (χ1v) is 7.70. The number of fused-ring (bicyclic) bond motifs is 1. The van der Waals surface area contributed by atoms with Gasteiger partial charge < -0.3 is 15.2 Å². The van der Waals surface area contributed by atoms with Crippen LogP contribution in [0.2, 0.25) is 0 Å². The summed E-state index contributed by atoms with van der Waals surface area (Å²) in [5.41, 5.74) is 4.86. The van der Waals surface area contributed by atoms with Gasteiger partial charge in [0.15, 0.2) is 28.1 Å². The molecule has 0 bridgehead atoms. The molecule has 1 aliphatic heterocycles. The summed E-state index contributed by atoms with van der Waals surface area (Å²) >= 11 is 4.86. The quantitative estimate of drug-likeness (QED) is 0.541. The number of nitrogens with two attached hydrogens (primary N) is 1. The van der Waals surface area contributed by atoms with Crippen LogP contribution in [0.1, 0.15) is 31.7 Å². The Balaban J connectivity index is 1.96. The minimum absolute atomic E-state index is 0.0195. The standard InChI is InChI=1S/C13H13N7O4S/c1-6(21)23-5-7-2-3-9(24-7)19-12(22)11-10(16-18-19)8(4-14)17-20(11)13(15)25/h7,9H,2-3,5H2,1H3,(H2,15,25). The lowest BCUT2D eigenvalue weighted by molar-refractivity contribution is -0.145. The Hall–Kier alpha value is -2.91. The highest BCUT2D eigenvalue weighted by Gasteiger charge is 2.30. The van der Waals surface area contributed by atoms with E-state index < -0.39 is 17.8 Å². The smallest absolute Gasteiger partial charge is 0.302 e. The van der Waals surface area contributed by atoms with E-state index in [1.54, 1.807) is 0 Å². The molecule has 0 saturated carbocycles. The maximum Gasteiger partial charge on any atom is 0.302 e. The minimum Gasteiger partial charge on any atom is -0.463 e. The number of esters is 1. The Bertz CT molecular complexity index is 960. The number of thiocarbonyl (C=S) groups is 1. The van der Waals surface area contributed by atoms with Crippen molar-refractivity contribution in [2.45, 2.75) is 32.1 Å². The SMILES string of the molecule is CC(=O)OCC1CCC(n2nnc3c(C#N)nn(C(N)=S)c3c2=O)O1. The number of hydrogen-bond donors (Lipinski definition) is 1. The van der Waals surface area contributed by atoms with E-state index in [9.17, 15) is 9.59 Å². The van der Waals surface area contributed by atoms with Crippen molar-refractivity contribution < 1.29 is 14.3 Å². The predicted molar refractivity (Wildman–Crippen MR) is 86.3 cm³/mol. The van der Waals surface area contributed by atoms with Crippen molar-refractivity contribution in [1.82, 2.24) is 24.8 Å². The highest BCUT2D eigenvalue weighted by atomic mass is 32.1. The van der Waals surface area contributed by atoms with Gasteiger partial charge >= 0.3 is 5.97 Å². The summed E-state index contributed by atoms with van der Waals surface area (Å²) in [6.07, 6.45) is 0.0548. The monoisotopic (exact) mass is 363 g/mol. The van der Waals surface area contributed by atoms with Crippen LogP contribution in [-0.2, 0) is 14.3 Å². The molecule has 0 aliphatic carbocycles. The molecule has 3 heterocycles. The topological polar surface area (TPSA) is 151 Å². The van der Waals surface area contributed by atoms with Crippen LogP contribution in [0.3, 0.4) is 0 Å². The van der Waals surface area contributed by atoms with Crippen molar-refractivity contribution in [3.63, 3.8) is 0 Å². The van der Waals surface area contributed by atoms with Crippen molar-refractivity contribution >= 4 is 34.3 Å². The number of nitriles is 1. The largest absolute Gasteiger partial charge is 0.463 e. The molecule has 11 nitrogen and oxygen atoms in total. The van der Waals surface area contributed by atoms with Crippen LogP contribution in [0.5, 0.6) is 0 Å². The summed E-state index contributed by atoms with van der Waals surface area (Å²) < 4.78 is 12.6. The van der Waals surface area contributed by atoms with Crippen LogP contribution in [0.15, 0.2) is 4.79 Å². The van der Waals surface area contributed by atoms with E-state index in [1.807, 2.05) is 6.07 Å². The van der Waals surface area contributed by atoms with Gasteiger partial charge in [-0.3, -0.25) is 9.59 Å². The molecule has 0 aromatic carbocycles. The van der Waals surface area contributed by atoms with Crippen LogP contribution in [0, 0.1) is 11.3 Å². The Morgan fingerprint density at radius 1 is 1.56 bits per heavy atom. The van der Waals surface area contributed by atoms with E-state index in [2.05, 4.69) is 15.4 Å². The lowest BCUT2D eigenvalue weighted by Crippen LogP contribution is -2.32. The van der Waals surface area contributed by atoms with Gasteiger partial charge in [0.2, 0.25) is 0 Å². The van der Waals surface area contributed by atoms with Crippen molar-refractivity contribution in [3.8, 4) is 6.07 Å². The second kappa shape index (κ2) is 6.54. The van der Waals surface area contributed by atoms with Crippen LogP contribution in [-0.4, -0.2) is 48.6 Å². The fourth-order valence-corrected chi connectivity index (χ4v) is 2.69. The molecule has 1 fully saturated rings. The zero-order valence-electron chi connectivity index (χ0n) is 13.1. The molecule has 1 saturated heterocycles. The molecule has 130 valence electrons. The molecular formula is C13H13N7O4S. The van der Waals surface area contributed by atoms with Crippen LogP contribution in [0.4, 0.5) is 0 Å². The van der Waals surface area contributed by atoms with E-state index in [0.717, 1.165) is 9.36 Å². The van der Waals surface area contributed by atoms with Gasteiger partial charge in [-0.25, -0.2) is 0 Å². The first-order chi connectivity index (χ1) is 11.9. The zero-order valence-corrected chi connectivity index (χ0v) is 13.9. The molecule has 2 atom stereocenters. The fourth-order valence-electron chi connectivity index (χ4n) is 2.56. The second-order valence-corrected chi connectivity index (χ2v) is 5.76. The molecule has 2 aromatic heterocycles. The number of rotatable bonds is 3. The molecule has 3 rings (SSSR count). The van der Waals surface area contributed by atoms with Gasteiger partial charge in [-0.2, -0.15) is 19.7 Å². The number of nitrogens with zero attached hydrogens (tertiary/aromatic N) is 6. The number of carbonyl (C=O) groups is 1. The van der Waals surface area contributed by atoms with E-state index >= 15 is 0 Å². The van der Waals surface area contributed by atoms with Gasteiger partial charge in [-0.05, 0) is 25.1 Å². The Morgan fingerprint density at radius 3 is 2.96 bits per heavy atom. The number of aromatic nitrogens is 5. The molecule has 2 aromatic rings. The predicted octanol–water partition coefficient (Wildman–Crippen LogP) is -0.808. The van der Waals surface area contributed by atoms with E-state index in [-0.39, 0.29) is 34.6 Å². The highest BCUT2D eigenvalue weighted by Crippen LogP contribution is 2.27. The maximum atomic E-state index is 12.8. The van der Waals surface area contributed by atoms with Crippen LogP contribution in [0.25, 0.3) is 11.0 Å². The molecule has 0 spiro atoms. The van der Waals surface area contributed by atoms with E-state index in [1.165, 1.54) is 6.92 Å². The second-order valence-electron chi connectivity index (χ2n) is 5.34. The number of carbonyl (C=O) groups excluding carboxylic acids is 1. The summed E-state index contributed by atoms with van der Waals surface area (Å²) in [5.74, 6) is -0.408. The van der Waals surface area contributed by atoms with Gasteiger partial charge in [-0.1, -0.05) is 5.21 Å². The first kappa shape index (κ1) is 16.9. The van der Waals surface area contributed by atoms with Gasteiger partial charge in [0.1, 0.15) is 12.7 Å².